The zero-order valence-corrected chi connectivity index (χ0v) is 18.4. The highest BCUT2D eigenvalue weighted by molar-refractivity contribution is 7.99. The summed E-state index contributed by atoms with van der Waals surface area (Å²) in [6.07, 6.45) is 5.97. The minimum Gasteiger partial charge on any atom is -0.342 e. The number of benzene rings is 1. The molecule has 1 amide bonds. The molecule has 2 saturated heterocycles. The number of aromatic nitrogens is 2. The molecule has 2 fully saturated rings. The molecule has 1 aromatic heterocycles. The normalized spacial score (nSPS) is 18.0. The van der Waals surface area contributed by atoms with Gasteiger partial charge in [0.05, 0.1) is 11.4 Å². The van der Waals surface area contributed by atoms with Crippen LogP contribution in [0.4, 0.5) is 0 Å². The third-order valence-corrected chi connectivity index (χ3v) is 6.97. The number of H-pyrrole nitrogens is 1. The molecule has 7 nitrogen and oxygen atoms in total. The van der Waals surface area contributed by atoms with Gasteiger partial charge in [0.25, 0.3) is 5.56 Å². The number of carbonyl (C=O) groups excluding carboxylic acids is 1. The zero-order chi connectivity index (χ0) is 21.6. The summed E-state index contributed by atoms with van der Waals surface area (Å²) in [4.78, 5) is 36.7. The first-order valence-electron chi connectivity index (χ1n) is 10.9. The van der Waals surface area contributed by atoms with E-state index in [1.807, 2.05) is 41.3 Å². The van der Waals surface area contributed by atoms with Gasteiger partial charge in [0.1, 0.15) is 11.6 Å². The Morgan fingerprint density at radius 2 is 1.84 bits per heavy atom. The SMILES string of the molecule is N#Cc1c(-c2ccccc2)nc(SCC(=O)N2CCC(N3CCCCC3)CC2)[nH]c1=O. The third-order valence-electron chi connectivity index (χ3n) is 6.11. The van der Waals surface area contributed by atoms with Gasteiger partial charge in [-0.3, -0.25) is 9.59 Å². The van der Waals surface area contributed by atoms with Crippen LogP contribution in [0.25, 0.3) is 11.3 Å². The lowest BCUT2D eigenvalue weighted by Crippen LogP contribution is -2.48. The van der Waals surface area contributed by atoms with Gasteiger partial charge in [-0.15, -0.1) is 0 Å². The molecule has 2 aromatic rings. The summed E-state index contributed by atoms with van der Waals surface area (Å²) in [5.41, 5.74) is 0.567. The summed E-state index contributed by atoms with van der Waals surface area (Å²) in [7, 11) is 0. The summed E-state index contributed by atoms with van der Waals surface area (Å²) in [5.74, 6) is 0.285. The van der Waals surface area contributed by atoms with Gasteiger partial charge in [-0.05, 0) is 38.8 Å². The smallest absolute Gasteiger partial charge is 0.270 e. The number of nitrogens with zero attached hydrogens (tertiary/aromatic N) is 4. The molecular weight excluding hydrogens is 410 g/mol. The molecule has 1 N–H and O–H groups in total. The molecular formula is C23H27N5O2S. The van der Waals surface area contributed by atoms with Crippen molar-refractivity contribution in [2.24, 2.45) is 0 Å². The number of likely N-dealkylation sites (tertiary alicyclic amines) is 2. The van der Waals surface area contributed by atoms with Crippen molar-refractivity contribution in [3.8, 4) is 17.3 Å². The Labute approximate surface area is 186 Å². The number of nitrogens with one attached hydrogen (secondary N) is 1. The van der Waals surface area contributed by atoms with E-state index in [1.165, 1.54) is 44.1 Å². The molecule has 0 bridgehead atoms. The number of amides is 1. The van der Waals surface area contributed by atoms with Crippen molar-refractivity contribution in [1.82, 2.24) is 19.8 Å². The molecule has 4 rings (SSSR count). The van der Waals surface area contributed by atoms with Gasteiger partial charge < -0.3 is 14.8 Å². The number of rotatable bonds is 5. The second-order valence-corrected chi connectivity index (χ2v) is 9.03. The van der Waals surface area contributed by atoms with Crippen molar-refractivity contribution in [3.63, 3.8) is 0 Å². The number of aromatic amines is 1. The molecule has 0 radical (unpaired) electrons. The van der Waals surface area contributed by atoms with Crippen molar-refractivity contribution in [3.05, 3.63) is 46.2 Å². The molecule has 3 heterocycles. The number of piperidine rings is 2. The van der Waals surface area contributed by atoms with E-state index in [0.29, 0.717) is 22.5 Å². The first-order valence-corrected chi connectivity index (χ1v) is 11.9. The standard InChI is InChI=1S/C23H27N5O2S/c24-15-19-21(17-7-3-1-4-8-17)25-23(26-22(19)30)31-16-20(29)28-13-9-18(10-14-28)27-11-5-2-6-12-27/h1,3-4,7-8,18H,2,5-6,9-14,16H2,(H,25,26,30). The Kier molecular flexibility index (Phi) is 7.05. The average Bonchev–Trinajstić information content (AvgIpc) is 2.83. The molecule has 0 atom stereocenters. The lowest BCUT2D eigenvalue weighted by Gasteiger charge is -2.40. The predicted molar refractivity (Wildman–Crippen MR) is 121 cm³/mol. The zero-order valence-electron chi connectivity index (χ0n) is 17.5. The van der Waals surface area contributed by atoms with E-state index in [4.69, 9.17) is 0 Å². The van der Waals surface area contributed by atoms with Crippen LogP contribution in [0.3, 0.4) is 0 Å². The van der Waals surface area contributed by atoms with E-state index in [0.717, 1.165) is 25.9 Å². The Hall–Kier alpha value is -2.63. The lowest BCUT2D eigenvalue weighted by molar-refractivity contribution is -0.129. The molecule has 0 saturated carbocycles. The van der Waals surface area contributed by atoms with Gasteiger partial charge in [0.15, 0.2) is 5.16 Å². The molecule has 31 heavy (non-hydrogen) atoms. The summed E-state index contributed by atoms with van der Waals surface area (Å²) in [6, 6.07) is 11.7. The van der Waals surface area contributed by atoms with E-state index in [-0.39, 0.29) is 17.2 Å². The first-order chi connectivity index (χ1) is 15.2. The minimum absolute atomic E-state index is 0.0124. The molecule has 2 aliphatic heterocycles. The molecule has 8 heteroatoms. The van der Waals surface area contributed by atoms with Crippen LogP contribution >= 0.6 is 11.8 Å². The highest BCUT2D eigenvalue weighted by Gasteiger charge is 2.27. The van der Waals surface area contributed by atoms with Gasteiger partial charge in [-0.25, -0.2) is 4.98 Å². The van der Waals surface area contributed by atoms with Crippen LogP contribution in [0.15, 0.2) is 40.3 Å². The van der Waals surface area contributed by atoms with Gasteiger partial charge in [-0.2, -0.15) is 5.26 Å². The lowest BCUT2D eigenvalue weighted by atomic mass is 10.00. The summed E-state index contributed by atoms with van der Waals surface area (Å²) >= 11 is 1.22. The highest BCUT2D eigenvalue weighted by atomic mass is 32.2. The summed E-state index contributed by atoms with van der Waals surface area (Å²) in [5, 5.41) is 9.73. The van der Waals surface area contributed by atoms with E-state index in [1.54, 1.807) is 0 Å². The molecule has 2 aliphatic rings. The number of hydrogen-bond acceptors (Lipinski definition) is 6. The van der Waals surface area contributed by atoms with Crippen LogP contribution < -0.4 is 5.56 Å². The first kappa shape index (κ1) is 21.6. The van der Waals surface area contributed by atoms with Crippen LogP contribution in [0.1, 0.15) is 37.7 Å². The fourth-order valence-corrected chi connectivity index (χ4v) is 5.18. The van der Waals surface area contributed by atoms with E-state index in [9.17, 15) is 14.9 Å². The maximum atomic E-state index is 12.7. The topological polar surface area (TPSA) is 93.1 Å². The van der Waals surface area contributed by atoms with Gasteiger partial charge in [-0.1, -0.05) is 48.5 Å². The van der Waals surface area contributed by atoms with Crippen molar-refractivity contribution in [2.45, 2.75) is 43.3 Å². The van der Waals surface area contributed by atoms with Crippen molar-refractivity contribution in [1.29, 1.82) is 5.26 Å². The Balaban J connectivity index is 1.37. The predicted octanol–water partition coefficient (Wildman–Crippen LogP) is 2.88. The highest BCUT2D eigenvalue weighted by Crippen LogP contribution is 2.24. The van der Waals surface area contributed by atoms with Crippen molar-refractivity contribution >= 4 is 17.7 Å². The number of thioether (sulfide) groups is 1. The quantitative estimate of drug-likeness (QED) is 0.571. The second kappa shape index (κ2) is 10.1. The fourth-order valence-electron chi connectivity index (χ4n) is 4.41. The molecule has 162 valence electrons. The van der Waals surface area contributed by atoms with Crippen LogP contribution in [-0.2, 0) is 4.79 Å². The van der Waals surface area contributed by atoms with Crippen LogP contribution in [0.5, 0.6) is 0 Å². The molecule has 0 spiro atoms. The molecule has 0 aliphatic carbocycles. The van der Waals surface area contributed by atoms with E-state index >= 15 is 0 Å². The summed E-state index contributed by atoms with van der Waals surface area (Å²) < 4.78 is 0. The van der Waals surface area contributed by atoms with Crippen LogP contribution in [-0.4, -0.2) is 63.6 Å². The Morgan fingerprint density at radius 1 is 1.13 bits per heavy atom. The van der Waals surface area contributed by atoms with Gasteiger partial charge >= 0.3 is 0 Å². The van der Waals surface area contributed by atoms with Crippen molar-refractivity contribution < 1.29 is 4.79 Å². The summed E-state index contributed by atoms with van der Waals surface area (Å²) in [6.45, 7) is 3.95. The fraction of sp³-hybridized carbons (Fsp3) is 0.478. The maximum Gasteiger partial charge on any atom is 0.270 e. The monoisotopic (exact) mass is 437 g/mol. The van der Waals surface area contributed by atoms with E-state index in [2.05, 4.69) is 14.9 Å². The van der Waals surface area contributed by atoms with Crippen LogP contribution in [0.2, 0.25) is 0 Å². The van der Waals surface area contributed by atoms with Crippen LogP contribution in [0, 0.1) is 11.3 Å². The van der Waals surface area contributed by atoms with Gasteiger partial charge in [0, 0.05) is 24.7 Å². The van der Waals surface area contributed by atoms with E-state index < -0.39 is 5.56 Å². The largest absolute Gasteiger partial charge is 0.342 e. The number of carbonyl (C=O) groups is 1. The number of nitriles is 1. The van der Waals surface area contributed by atoms with Gasteiger partial charge in [0.2, 0.25) is 5.91 Å². The Bertz CT molecular complexity index is 1000. The number of hydrogen-bond donors (Lipinski definition) is 1. The second-order valence-electron chi connectivity index (χ2n) is 8.07. The third kappa shape index (κ3) is 5.17. The minimum atomic E-state index is -0.478. The molecule has 0 unspecified atom stereocenters. The molecule has 1 aromatic carbocycles. The maximum absolute atomic E-state index is 12.7. The Morgan fingerprint density at radius 3 is 2.52 bits per heavy atom. The van der Waals surface area contributed by atoms with Crippen molar-refractivity contribution in [2.75, 3.05) is 31.9 Å². The average molecular weight is 438 g/mol.